The molecule has 0 aliphatic carbocycles. The van der Waals surface area contributed by atoms with Gasteiger partial charge in [0.05, 0.1) is 4.90 Å². The Bertz CT molecular complexity index is 1080. The number of sulfonamides is 1. The molecule has 0 radical (unpaired) electrons. The van der Waals surface area contributed by atoms with E-state index < -0.39 is 10.0 Å². The van der Waals surface area contributed by atoms with Crippen LogP contribution in [-0.4, -0.2) is 20.9 Å². The maximum absolute atomic E-state index is 12.4. The quantitative estimate of drug-likeness (QED) is 0.551. The molecule has 7 heteroatoms. The zero-order chi connectivity index (χ0) is 21.4. The normalized spacial score (nSPS) is 11.1. The second-order valence-corrected chi connectivity index (χ2v) is 8.40. The lowest BCUT2D eigenvalue weighted by Gasteiger charge is -2.09. The van der Waals surface area contributed by atoms with Gasteiger partial charge in [-0.1, -0.05) is 55.5 Å². The van der Waals surface area contributed by atoms with Gasteiger partial charge in [0.1, 0.15) is 12.4 Å². The van der Waals surface area contributed by atoms with Crippen LogP contribution < -0.4 is 14.8 Å². The van der Waals surface area contributed by atoms with Gasteiger partial charge in [0.2, 0.25) is 10.0 Å². The topological polar surface area (TPSA) is 84.5 Å². The summed E-state index contributed by atoms with van der Waals surface area (Å²) in [5.41, 5.74) is 2.25. The highest BCUT2D eigenvalue weighted by Crippen LogP contribution is 2.13. The molecule has 1 amide bonds. The molecule has 0 aliphatic rings. The van der Waals surface area contributed by atoms with Crippen molar-refractivity contribution in [1.82, 2.24) is 10.0 Å². The Kier molecular flexibility index (Phi) is 7.21. The molecule has 0 heterocycles. The van der Waals surface area contributed by atoms with Crippen LogP contribution in [0.25, 0.3) is 0 Å². The zero-order valence-electron chi connectivity index (χ0n) is 16.7. The molecule has 156 valence electrons. The third-order valence-corrected chi connectivity index (χ3v) is 5.91. The van der Waals surface area contributed by atoms with Crippen molar-refractivity contribution in [2.24, 2.45) is 0 Å². The number of hydrogen-bond acceptors (Lipinski definition) is 4. The minimum Gasteiger partial charge on any atom is -0.489 e. The van der Waals surface area contributed by atoms with Gasteiger partial charge in [-0.3, -0.25) is 4.79 Å². The van der Waals surface area contributed by atoms with Crippen molar-refractivity contribution >= 4 is 15.9 Å². The van der Waals surface area contributed by atoms with Gasteiger partial charge in [-0.2, -0.15) is 0 Å². The van der Waals surface area contributed by atoms with Crippen LogP contribution in [0.1, 0.15) is 28.4 Å². The number of carbonyl (C=O) groups excluding carboxylic acids is 1. The van der Waals surface area contributed by atoms with Crippen LogP contribution in [0, 0.1) is 0 Å². The Hall–Kier alpha value is -3.16. The monoisotopic (exact) mass is 424 g/mol. The van der Waals surface area contributed by atoms with Gasteiger partial charge in [0.15, 0.2) is 0 Å². The minimum absolute atomic E-state index is 0.0692. The lowest BCUT2D eigenvalue weighted by atomic mass is 10.1. The lowest BCUT2D eigenvalue weighted by Crippen LogP contribution is -2.25. The van der Waals surface area contributed by atoms with E-state index in [1.54, 1.807) is 19.1 Å². The molecule has 6 nitrogen and oxygen atoms in total. The fourth-order valence-electron chi connectivity index (χ4n) is 2.80. The maximum Gasteiger partial charge on any atom is 0.251 e. The molecule has 3 rings (SSSR count). The zero-order valence-corrected chi connectivity index (χ0v) is 17.5. The molecule has 0 spiro atoms. The van der Waals surface area contributed by atoms with Crippen LogP contribution in [0.2, 0.25) is 0 Å². The minimum atomic E-state index is -3.61. The second kappa shape index (κ2) is 10.0. The van der Waals surface area contributed by atoms with Gasteiger partial charge in [0.25, 0.3) is 5.91 Å². The van der Waals surface area contributed by atoms with Gasteiger partial charge in [-0.05, 0) is 41.5 Å². The first-order chi connectivity index (χ1) is 14.5. The molecule has 3 aromatic rings. The SMILES string of the molecule is CCNS(=O)(=O)c1cccc(C(=O)NCc2ccc(COc3ccccc3)cc2)c1. The summed E-state index contributed by atoms with van der Waals surface area (Å²) in [5.74, 6) is 0.479. The number of amides is 1. The van der Waals surface area contributed by atoms with Gasteiger partial charge >= 0.3 is 0 Å². The number of nitrogens with one attached hydrogen (secondary N) is 2. The summed E-state index contributed by atoms with van der Waals surface area (Å²) in [6.07, 6.45) is 0. The fourth-order valence-corrected chi connectivity index (χ4v) is 3.89. The van der Waals surface area contributed by atoms with Gasteiger partial charge < -0.3 is 10.1 Å². The molecule has 0 aliphatic heterocycles. The van der Waals surface area contributed by atoms with Crippen molar-refractivity contribution in [2.75, 3.05) is 6.54 Å². The average Bonchev–Trinajstić information content (AvgIpc) is 2.77. The average molecular weight is 425 g/mol. The van der Waals surface area contributed by atoms with Crippen molar-refractivity contribution < 1.29 is 17.9 Å². The van der Waals surface area contributed by atoms with E-state index in [2.05, 4.69) is 10.0 Å². The predicted octanol–water partition coefficient (Wildman–Crippen LogP) is 3.49. The predicted molar refractivity (Wildman–Crippen MR) is 116 cm³/mol. The molecule has 30 heavy (non-hydrogen) atoms. The van der Waals surface area contributed by atoms with E-state index in [1.807, 2.05) is 54.6 Å². The molecule has 0 atom stereocenters. The number of ether oxygens (including phenoxy) is 1. The van der Waals surface area contributed by atoms with Crippen molar-refractivity contribution in [3.63, 3.8) is 0 Å². The number of hydrogen-bond donors (Lipinski definition) is 2. The molecule has 3 aromatic carbocycles. The Balaban J connectivity index is 1.56. The van der Waals surface area contributed by atoms with E-state index in [4.69, 9.17) is 4.74 Å². The molecular weight excluding hydrogens is 400 g/mol. The summed E-state index contributed by atoms with van der Waals surface area (Å²) in [6.45, 7) is 2.78. The standard InChI is InChI=1S/C23H24N2O4S/c1-2-25-30(27,28)22-10-6-7-20(15-22)23(26)24-16-18-11-13-19(14-12-18)17-29-21-8-4-3-5-9-21/h3-15,25H,2,16-17H2,1H3,(H,24,26). The van der Waals surface area contributed by atoms with E-state index in [0.717, 1.165) is 16.9 Å². The molecule has 0 saturated heterocycles. The van der Waals surface area contributed by atoms with Gasteiger partial charge in [0, 0.05) is 18.7 Å². The van der Waals surface area contributed by atoms with Crippen LogP contribution >= 0.6 is 0 Å². The highest BCUT2D eigenvalue weighted by atomic mass is 32.2. The van der Waals surface area contributed by atoms with Crippen molar-refractivity contribution in [3.05, 3.63) is 95.6 Å². The third kappa shape index (κ3) is 5.92. The molecule has 0 unspecified atom stereocenters. The van der Waals surface area contributed by atoms with E-state index in [1.165, 1.54) is 12.1 Å². The molecular formula is C23H24N2O4S. The Labute approximate surface area is 177 Å². The molecule has 0 saturated carbocycles. The largest absolute Gasteiger partial charge is 0.489 e. The highest BCUT2D eigenvalue weighted by Gasteiger charge is 2.15. The van der Waals surface area contributed by atoms with Gasteiger partial charge in [-0.15, -0.1) is 0 Å². The molecule has 2 N–H and O–H groups in total. The summed E-state index contributed by atoms with van der Waals surface area (Å²) in [7, 11) is -3.61. The summed E-state index contributed by atoms with van der Waals surface area (Å²) in [5, 5.41) is 2.82. The van der Waals surface area contributed by atoms with Crippen LogP contribution in [0.3, 0.4) is 0 Å². The lowest BCUT2D eigenvalue weighted by molar-refractivity contribution is 0.0950. The number of benzene rings is 3. The Morgan fingerprint density at radius 1 is 0.900 bits per heavy atom. The van der Waals surface area contributed by atoms with Crippen molar-refractivity contribution in [1.29, 1.82) is 0 Å². The second-order valence-electron chi connectivity index (χ2n) is 6.63. The van der Waals surface area contributed by atoms with Crippen molar-refractivity contribution in [3.8, 4) is 5.75 Å². The molecule has 0 fully saturated rings. The van der Waals surface area contributed by atoms with E-state index in [-0.39, 0.29) is 17.3 Å². The summed E-state index contributed by atoms with van der Waals surface area (Å²) in [4.78, 5) is 12.5. The summed E-state index contributed by atoms with van der Waals surface area (Å²) >= 11 is 0. The summed E-state index contributed by atoms with van der Waals surface area (Å²) < 4.78 is 32.4. The van der Waals surface area contributed by atoms with Crippen LogP contribution in [0.5, 0.6) is 5.75 Å². The van der Waals surface area contributed by atoms with E-state index >= 15 is 0 Å². The number of rotatable bonds is 9. The van der Waals surface area contributed by atoms with Crippen LogP contribution in [-0.2, 0) is 23.2 Å². The first kappa shape index (κ1) is 21.5. The fraction of sp³-hybridized carbons (Fsp3) is 0.174. The highest BCUT2D eigenvalue weighted by molar-refractivity contribution is 7.89. The van der Waals surface area contributed by atoms with Crippen LogP contribution in [0.4, 0.5) is 0 Å². The number of para-hydroxylation sites is 1. The third-order valence-electron chi connectivity index (χ3n) is 4.37. The van der Waals surface area contributed by atoms with Gasteiger partial charge in [-0.25, -0.2) is 13.1 Å². The Morgan fingerprint density at radius 2 is 1.60 bits per heavy atom. The molecule has 0 bridgehead atoms. The van der Waals surface area contributed by atoms with E-state index in [9.17, 15) is 13.2 Å². The van der Waals surface area contributed by atoms with Crippen LogP contribution in [0.15, 0.2) is 83.8 Å². The van der Waals surface area contributed by atoms with Crippen molar-refractivity contribution in [2.45, 2.75) is 25.0 Å². The molecule has 0 aromatic heterocycles. The smallest absolute Gasteiger partial charge is 0.251 e. The summed E-state index contributed by atoms with van der Waals surface area (Å²) in [6, 6.07) is 23.3. The van der Waals surface area contributed by atoms with E-state index in [0.29, 0.717) is 18.7 Å². The first-order valence-electron chi connectivity index (χ1n) is 9.61. The maximum atomic E-state index is 12.4. The first-order valence-corrected chi connectivity index (χ1v) is 11.1. The Morgan fingerprint density at radius 3 is 2.30 bits per heavy atom. The number of carbonyl (C=O) groups is 1.